The number of hydrogen-bond donors (Lipinski definition) is 3. The molecule has 0 bridgehead atoms. The van der Waals surface area contributed by atoms with Gasteiger partial charge in [0.2, 0.25) is 10.0 Å². The summed E-state index contributed by atoms with van der Waals surface area (Å²) in [7, 11) is -3.57. The highest BCUT2D eigenvalue weighted by atomic mass is 32.2. The predicted molar refractivity (Wildman–Crippen MR) is 91.0 cm³/mol. The van der Waals surface area contributed by atoms with E-state index >= 15 is 0 Å². The van der Waals surface area contributed by atoms with Gasteiger partial charge in [0.1, 0.15) is 0 Å². The molecule has 0 atom stereocenters. The van der Waals surface area contributed by atoms with Crippen molar-refractivity contribution >= 4 is 27.3 Å². The van der Waals surface area contributed by atoms with E-state index in [1.54, 1.807) is 11.3 Å². The first kappa shape index (κ1) is 17.6. The Kier molecular flexibility index (Phi) is 6.28. The molecule has 1 heterocycles. The number of carbonyl (C=O) groups excluding carboxylic acids is 1. The monoisotopic (exact) mass is 353 g/mol. The number of carbonyl (C=O) groups is 1. The van der Waals surface area contributed by atoms with Gasteiger partial charge in [-0.2, -0.15) is 0 Å². The molecular formula is C15H19N3O3S2. The Balaban J connectivity index is 1.95. The Morgan fingerprint density at radius 2 is 1.87 bits per heavy atom. The zero-order valence-corrected chi connectivity index (χ0v) is 14.1. The normalized spacial score (nSPS) is 11.3. The highest BCUT2D eigenvalue weighted by molar-refractivity contribution is 7.89. The van der Waals surface area contributed by atoms with Crippen molar-refractivity contribution in [3.05, 3.63) is 52.2 Å². The molecule has 1 amide bonds. The van der Waals surface area contributed by atoms with E-state index in [1.807, 2.05) is 17.5 Å². The number of thiophene rings is 1. The van der Waals surface area contributed by atoms with Crippen molar-refractivity contribution in [3.63, 3.8) is 0 Å². The van der Waals surface area contributed by atoms with Gasteiger partial charge >= 0.3 is 0 Å². The number of rotatable bonds is 8. The van der Waals surface area contributed by atoms with Gasteiger partial charge in [-0.15, -0.1) is 11.3 Å². The van der Waals surface area contributed by atoms with E-state index in [4.69, 9.17) is 5.73 Å². The highest BCUT2D eigenvalue weighted by Crippen LogP contribution is 2.12. The summed E-state index contributed by atoms with van der Waals surface area (Å²) in [5, 5.41) is 4.59. The Labute approximate surface area is 139 Å². The van der Waals surface area contributed by atoms with Crippen LogP contribution in [0.25, 0.3) is 0 Å². The molecule has 1 aromatic heterocycles. The zero-order valence-electron chi connectivity index (χ0n) is 12.5. The van der Waals surface area contributed by atoms with Crippen LogP contribution in [-0.4, -0.2) is 34.0 Å². The molecular weight excluding hydrogens is 334 g/mol. The van der Waals surface area contributed by atoms with E-state index in [2.05, 4.69) is 10.0 Å². The molecule has 2 aromatic rings. The van der Waals surface area contributed by atoms with Crippen molar-refractivity contribution in [2.24, 2.45) is 5.73 Å². The molecule has 0 saturated carbocycles. The van der Waals surface area contributed by atoms with Crippen LogP contribution in [-0.2, 0) is 16.4 Å². The zero-order chi connectivity index (χ0) is 16.7. The van der Waals surface area contributed by atoms with Gasteiger partial charge in [-0.25, -0.2) is 13.1 Å². The van der Waals surface area contributed by atoms with Crippen molar-refractivity contribution in [3.8, 4) is 0 Å². The van der Waals surface area contributed by atoms with Crippen molar-refractivity contribution in [2.75, 3.05) is 19.6 Å². The SMILES string of the molecule is NCCNC(=O)c1ccc(S(=O)(=O)NCCc2cccs2)cc1. The molecule has 8 heteroatoms. The predicted octanol–water partition coefficient (Wildman–Crippen LogP) is 0.958. The number of nitrogens with one attached hydrogen (secondary N) is 2. The minimum Gasteiger partial charge on any atom is -0.351 e. The molecule has 0 radical (unpaired) electrons. The maximum atomic E-state index is 12.2. The van der Waals surface area contributed by atoms with Gasteiger partial charge in [0.05, 0.1) is 4.90 Å². The summed E-state index contributed by atoms with van der Waals surface area (Å²) >= 11 is 1.59. The number of hydrogen-bond acceptors (Lipinski definition) is 5. The topological polar surface area (TPSA) is 101 Å². The van der Waals surface area contributed by atoms with E-state index in [0.717, 1.165) is 4.88 Å². The van der Waals surface area contributed by atoms with Gasteiger partial charge in [-0.05, 0) is 42.1 Å². The maximum Gasteiger partial charge on any atom is 0.251 e. The highest BCUT2D eigenvalue weighted by Gasteiger charge is 2.14. The molecule has 0 spiro atoms. The standard InChI is InChI=1S/C15H19N3O3S2/c16-8-10-17-15(19)12-3-5-14(6-4-12)23(20,21)18-9-7-13-2-1-11-22-13/h1-6,11,18H,7-10,16H2,(H,17,19). The van der Waals surface area contributed by atoms with Crippen LogP contribution in [0, 0.1) is 0 Å². The van der Waals surface area contributed by atoms with Crippen LogP contribution in [0.15, 0.2) is 46.7 Å². The van der Waals surface area contributed by atoms with Gasteiger partial charge in [0.15, 0.2) is 0 Å². The summed E-state index contributed by atoms with van der Waals surface area (Å²) in [4.78, 5) is 13.0. The van der Waals surface area contributed by atoms with E-state index in [1.165, 1.54) is 24.3 Å². The second-order valence-corrected chi connectivity index (χ2v) is 7.60. The molecule has 0 aliphatic rings. The van der Waals surface area contributed by atoms with Crippen molar-refractivity contribution < 1.29 is 13.2 Å². The molecule has 1 aromatic carbocycles. The first-order chi connectivity index (χ1) is 11.0. The van der Waals surface area contributed by atoms with E-state index in [0.29, 0.717) is 31.6 Å². The average molecular weight is 353 g/mol. The maximum absolute atomic E-state index is 12.2. The molecule has 2 rings (SSSR count). The molecule has 0 unspecified atom stereocenters. The first-order valence-electron chi connectivity index (χ1n) is 7.13. The summed E-state index contributed by atoms with van der Waals surface area (Å²) in [6.45, 7) is 1.07. The van der Waals surface area contributed by atoms with Crippen LogP contribution >= 0.6 is 11.3 Å². The lowest BCUT2D eigenvalue weighted by atomic mass is 10.2. The Morgan fingerprint density at radius 3 is 2.48 bits per heavy atom. The van der Waals surface area contributed by atoms with Crippen molar-refractivity contribution in [1.29, 1.82) is 0 Å². The quantitative estimate of drug-likeness (QED) is 0.658. The molecule has 0 aliphatic heterocycles. The van der Waals surface area contributed by atoms with E-state index < -0.39 is 10.0 Å². The first-order valence-corrected chi connectivity index (χ1v) is 9.49. The largest absolute Gasteiger partial charge is 0.351 e. The third kappa shape index (κ3) is 5.14. The smallest absolute Gasteiger partial charge is 0.251 e. The van der Waals surface area contributed by atoms with E-state index in [-0.39, 0.29) is 10.8 Å². The molecule has 0 saturated heterocycles. The van der Waals surface area contributed by atoms with Crippen LogP contribution in [0.5, 0.6) is 0 Å². The number of nitrogens with two attached hydrogens (primary N) is 1. The van der Waals surface area contributed by atoms with Crippen LogP contribution in [0.2, 0.25) is 0 Å². The lowest BCUT2D eigenvalue weighted by Crippen LogP contribution is -2.29. The van der Waals surface area contributed by atoms with Crippen molar-refractivity contribution in [2.45, 2.75) is 11.3 Å². The third-order valence-corrected chi connectivity index (χ3v) is 5.51. The summed E-state index contributed by atoms with van der Waals surface area (Å²) in [6, 6.07) is 9.71. The summed E-state index contributed by atoms with van der Waals surface area (Å²) in [6.07, 6.45) is 0.649. The average Bonchev–Trinajstić information content (AvgIpc) is 3.06. The third-order valence-electron chi connectivity index (χ3n) is 3.10. The number of benzene rings is 1. The summed E-state index contributed by atoms with van der Waals surface area (Å²) in [5.41, 5.74) is 5.72. The number of amides is 1. The van der Waals surface area contributed by atoms with E-state index in [9.17, 15) is 13.2 Å². The van der Waals surface area contributed by atoms with Gasteiger partial charge in [-0.3, -0.25) is 4.79 Å². The lowest BCUT2D eigenvalue weighted by molar-refractivity contribution is 0.0954. The van der Waals surface area contributed by atoms with Crippen molar-refractivity contribution in [1.82, 2.24) is 10.0 Å². The fourth-order valence-electron chi connectivity index (χ4n) is 1.92. The van der Waals surface area contributed by atoms with Gasteiger partial charge in [-0.1, -0.05) is 6.07 Å². The molecule has 0 aliphatic carbocycles. The number of sulfonamides is 1. The Hall–Kier alpha value is -1.74. The van der Waals surface area contributed by atoms with Crippen LogP contribution < -0.4 is 15.8 Å². The summed E-state index contributed by atoms with van der Waals surface area (Å²) < 4.78 is 26.9. The molecule has 4 N–H and O–H groups in total. The molecule has 124 valence electrons. The van der Waals surface area contributed by atoms with Gasteiger partial charge in [0, 0.05) is 30.1 Å². The molecule has 23 heavy (non-hydrogen) atoms. The fourth-order valence-corrected chi connectivity index (χ4v) is 3.66. The molecule has 0 fully saturated rings. The Bertz CT molecular complexity index is 726. The fraction of sp³-hybridized carbons (Fsp3) is 0.267. The summed E-state index contributed by atoms with van der Waals surface area (Å²) in [5.74, 6) is -0.273. The Morgan fingerprint density at radius 1 is 1.13 bits per heavy atom. The van der Waals surface area contributed by atoms with Crippen LogP contribution in [0.4, 0.5) is 0 Å². The van der Waals surface area contributed by atoms with Gasteiger partial charge < -0.3 is 11.1 Å². The minimum atomic E-state index is -3.57. The van der Waals surface area contributed by atoms with Crippen LogP contribution in [0.1, 0.15) is 15.2 Å². The second kappa shape index (κ2) is 8.21. The van der Waals surface area contributed by atoms with Gasteiger partial charge in [0.25, 0.3) is 5.91 Å². The van der Waals surface area contributed by atoms with Crippen LogP contribution in [0.3, 0.4) is 0 Å². The second-order valence-electron chi connectivity index (χ2n) is 4.80. The minimum absolute atomic E-state index is 0.138. The molecule has 6 nitrogen and oxygen atoms in total. The lowest BCUT2D eigenvalue weighted by Gasteiger charge is -2.07.